The molecule has 0 saturated carbocycles. The number of hydrogen-bond acceptors (Lipinski definition) is 4. The van der Waals surface area contributed by atoms with E-state index in [1.165, 1.54) is 29.0 Å². The standard InChI is InChI=1S/C15H20F2N2O4/c1-4-22-15(21)19(3)10-13(20)18(2)9-11-5-7-12(8-6-11)23-14(16)17/h5-8,14H,4,9-10H2,1-3H3. The molecule has 8 heteroatoms. The van der Waals surface area contributed by atoms with E-state index in [0.717, 1.165) is 5.56 Å². The van der Waals surface area contributed by atoms with Gasteiger partial charge in [-0.1, -0.05) is 12.1 Å². The van der Waals surface area contributed by atoms with Crippen molar-refractivity contribution in [2.75, 3.05) is 27.2 Å². The molecule has 0 bridgehead atoms. The maximum Gasteiger partial charge on any atom is 0.409 e. The molecule has 128 valence electrons. The normalized spacial score (nSPS) is 10.3. The number of likely N-dealkylation sites (N-methyl/N-ethyl adjacent to an activating group) is 2. The molecule has 2 amide bonds. The molecular weight excluding hydrogens is 310 g/mol. The monoisotopic (exact) mass is 330 g/mol. The fourth-order valence-electron chi connectivity index (χ4n) is 1.76. The van der Waals surface area contributed by atoms with Gasteiger partial charge in [0, 0.05) is 20.6 Å². The molecule has 0 aliphatic heterocycles. The highest BCUT2D eigenvalue weighted by molar-refractivity contribution is 5.82. The van der Waals surface area contributed by atoms with Gasteiger partial charge >= 0.3 is 12.7 Å². The molecule has 6 nitrogen and oxygen atoms in total. The summed E-state index contributed by atoms with van der Waals surface area (Å²) in [6.07, 6.45) is -0.567. The number of hydrogen-bond donors (Lipinski definition) is 0. The van der Waals surface area contributed by atoms with Crippen LogP contribution in [0.3, 0.4) is 0 Å². The molecule has 0 heterocycles. The first-order valence-electron chi connectivity index (χ1n) is 6.99. The van der Waals surface area contributed by atoms with Gasteiger partial charge in [-0.3, -0.25) is 4.79 Å². The van der Waals surface area contributed by atoms with Crippen molar-refractivity contribution in [2.24, 2.45) is 0 Å². The number of amides is 2. The van der Waals surface area contributed by atoms with E-state index in [0.29, 0.717) is 0 Å². The van der Waals surface area contributed by atoms with Crippen molar-refractivity contribution in [3.63, 3.8) is 0 Å². The Balaban J connectivity index is 2.53. The number of rotatable bonds is 7. The summed E-state index contributed by atoms with van der Waals surface area (Å²) in [6.45, 7) is -0.781. The van der Waals surface area contributed by atoms with E-state index in [-0.39, 0.29) is 31.4 Å². The first-order valence-corrected chi connectivity index (χ1v) is 6.99. The van der Waals surface area contributed by atoms with Crippen molar-refractivity contribution in [1.82, 2.24) is 9.80 Å². The van der Waals surface area contributed by atoms with E-state index < -0.39 is 12.7 Å². The number of benzene rings is 1. The summed E-state index contributed by atoms with van der Waals surface area (Å²) in [7, 11) is 3.06. The van der Waals surface area contributed by atoms with Gasteiger partial charge in [0.15, 0.2) is 0 Å². The number of halogens is 2. The SMILES string of the molecule is CCOC(=O)N(C)CC(=O)N(C)Cc1ccc(OC(F)F)cc1. The van der Waals surface area contributed by atoms with Gasteiger partial charge in [-0.15, -0.1) is 0 Å². The molecular formula is C15H20F2N2O4. The predicted octanol–water partition coefficient (Wildman–Crippen LogP) is 2.33. The molecule has 0 saturated heterocycles. The van der Waals surface area contributed by atoms with E-state index in [2.05, 4.69) is 4.74 Å². The Kier molecular flexibility index (Phi) is 7.24. The summed E-state index contributed by atoms with van der Waals surface area (Å²) in [5.41, 5.74) is 0.751. The molecule has 0 spiro atoms. The third kappa shape index (κ3) is 6.50. The number of alkyl halides is 2. The van der Waals surface area contributed by atoms with Crippen LogP contribution in [0.5, 0.6) is 5.75 Å². The van der Waals surface area contributed by atoms with Crippen LogP contribution in [-0.2, 0) is 16.1 Å². The maximum atomic E-state index is 12.1. The first kappa shape index (κ1) is 18.7. The van der Waals surface area contributed by atoms with Crippen LogP contribution in [-0.4, -0.2) is 55.7 Å². The van der Waals surface area contributed by atoms with Crippen LogP contribution >= 0.6 is 0 Å². The molecule has 0 aromatic heterocycles. The van der Waals surface area contributed by atoms with Gasteiger partial charge < -0.3 is 19.3 Å². The van der Waals surface area contributed by atoms with Gasteiger partial charge in [-0.05, 0) is 24.6 Å². The maximum absolute atomic E-state index is 12.1. The third-order valence-electron chi connectivity index (χ3n) is 2.95. The number of ether oxygens (including phenoxy) is 2. The van der Waals surface area contributed by atoms with E-state index in [1.807, 2.05) is 0 Å². The minimum absolute atomic E-state index is 0.0553. The van der Waals surface area contributed by atoms with Gasteiger partial charge in [0.2, 0.25) is 5.91 Å². The molecule has 1 aromatic carbocycles. The van der Waals surface area contributed by atoms with Crippen molar-refractivity contribution in [2.45, 2.75) is 20.1 Å². The average Bonchev–Trinajstić information content (AvgIpc) is 2.48. The van der Waals surface area contributed by atoms with E-state index in [1.54, 1.807) is 26.1 Å². The minimum Gasteiger partial charge on any atom is -0.450 e. The van der Waals surface area contributed by atoms with Gasteiger partial charge in [0.1, 0.15) is 12.3 Å². The van der Waals surface area contributed by atoms with Crippen LogP contribution < -0.4 is 4.74 Å². The van der Waals surface area contributed by atoms with E-state index in [9.17, 15) is 18.4 Å². The smallest absolute Gasteiger partial charge is 0.409 e. The molecule has 0 atom stereocenters. The lowest BCUT2D eigenvalue weighted by atomic mass is 10.2. The summed E-state index contributed by atoms with van der Waals surface area (Å²) in [6, 6.07) is 6.00. The Bertz CT molecular complexity index is 523. The lowest BCUT2D eigenvalue weighted by Gasteiger charge is -2.21. The number of nitrogens with zero attached hydrogens (tertiary/aromatic N) is 2. The Morgan fingerprint density at radius 2 is 1.74 bits per heavy atom. The molecule has 0 fully saturated rings. The predicted molar refractivity (Wildman–Crippen MR) is 79.2 cm³/mol. The van der Waals surface area contributed by atoms with Crippen LogP contribution in [0.1, 0.15) is 12.5 Å². The van der Waals surface area contributed by atoms with Crippen LogP contribution in [0.15, 0.2) is 24.3 Å². The highest BCUT2D eigenvalue weighted by Crippen LogP contribution is 2.15. The molecule has 1 aromatic rings. The summed E-state index contributed by atoms with van der Waals surface area (Å²) >= 11 is 0. The summed E-state index contributed by atoms with van der Waals surface area (Å²) < 4.78 is 33.2. The topological polar surface area (TPSA) is 59.1 Å². The molecule has 0 aliphatic rings. The van der Waals surface area contributed by atoms with Crippen molar-refractivity contribution < 1.29 is 27.8 Å². The fraction of sp³-hybridized carbons (Fsp3) is 0.467. The highest BCUT2D eigenvalue weighted by Gasteiger charge is 2.17. The van der Waals surface area contributed by atoms with Crippen LogP contribution in [0.25, 0.3) is 0 Å². The van der Waals surface area contributed by atoms with Crippen molar-refractivity contribution in [3.8, 4) is 5.75 Å². The van der Waals surface area contributed by atoms with E-state index >= 15 is 0 Å². The van der Waals surface area contributed by atoms with Crippen molar-refractivity contribution >= 4 is 12.0 Å². The Morgan fingerprint density at radius 3 is 2.26 bits per heavy atom. The van der Waals surface area contributed by atoms with Crippen LogP contribution in [0, 0.1) is 0 Å². The van der Waals surface area contributed by atoms with Gasteiger partial charge in [-0.2, -0.15) is 8.78 Å². The first-order chi connectivity index (χ1) is 10.8. The molecule has 1 rings (SSSR count). The summed E-state index contributed by atoms with van der Waals surface area (Å²) in [5.74, 6) is -0.215. The number of carbonyl (C=O) groups is 2. The van der Waals surface area contributed by atoms with E-state index in [4.69, 9.17) is 4.74 Å². The lowest BCUT2D eigenvalue weighted by molar-refractivity contribution is -0.131. The molecule has 0 unspecified atom stereocenters. The molecule has 0 N–H and O–H groups in total. The molecule has 0 radical (unpaired) electrons. The molecule has 0 aliphatic carbocycles. The van der Waals surface area contributed by atoms with Crippen LogP contribution in [0.2, 0.25) is 0 Å². The minimum atomic E-state index is -2.87. The number of carbonyl (C=O) groups excluding carboxylic acids is 2. The zero-order chi connectivity index (χ0) is 17.4. The second-order valence-electron chi connectivity index (χ2n) is 4.83. The van der Waals surface area contributed by atoms with Crippen LogP contribution in [0.4, 0.5) is 13.6 Å². The Hall–Kier alpha value is -2.38. The van der Waals surface area contributed by atoms with Gasteiger partial charge in [-0.25, -0.2) is 4.79 Å². The lowest BCUT2D eigenvalue weighted by Crippen LogP contribution is -2.39. The quantitative estimate of drug-likeness (QED) is 0.770. The zero-order valence-electron chi connectivity index (χ0n) is 13.3. The van der Waals surface area contributed by atoms with Crippen molar-refractivity contribution in [3.05, 3.63) is 29.8 Å². The third-order valence-corrected chi connectivity index (χ3v) is 2.95. The Labute approximate surface area is 133 Å². The largest absolute Gasteiger partial charge is 0.450 e. The average molecular weight is 330 g/mol. The zero-order valence-corrected chi connectivity index (χ0v) is 13.3. The van der Waals surface area contributed by atoms with Gasteiger partial charge in [0.25, 0.3) is 0 Å². The second kappa shape index (κ2) is 8.92. The second-order valence-corrected chi connectivity index (χ2v) is 4.83. The van der Waals surface area contributed by atoms with Crippen molar-refractivity contribution in [1.29, 1.82) is 0 Å². The highest BCUT2D eigenvalue weighted by atomic mass is 19.3. The summed E-state index contributed by atoms with van der Waals surface area (Å²) in [4.78, 5) is 26.1. The van der Waals surface area contributed by atoms with Gasteiger partial charge in [0.05, 0.1) is 6.61 Å². The molecule has 23 heavy (non-hydrogen) atoms. The fourth-order valence-corrected chi connectivity index (χ4v) is 1.76. The Morgan fingerprint density at radius 1 is 1.13 bits per heavy atom. The summed E-state index contributed by atoms with van der Waals surface area (Å²) in [5, 5.41) is 0.